The Morgan fingerprint density at radius 1 is 0.929 bits per heavy atom. The van der Waals surface area contributed by atoms with Crippen molar-refractivity contribution in [2.45, 2.75) is 19.8 Å². The molecule has 1 N–H and O–H groups in total. The number of carbonyl (C=O) groups is 2. The van der Waals surface area contributed by atoms with Crippen molar-refractivity contribution in [2.75, 3.05) is 29.9 Å². The Bertz CT molecular complexity index is 929. The molecule has 144 valence electrons. The molecule has 2 aliphatic rings. The molecule has 1 fully saturated rings. The lowest BCUT2D eigenvalue weighted by molar-refractivity contribution is -0.136. The second-order valence-corrected chi connectivity index (χ2v) is 7.41. The average Bonchev–Trinajstić information content (AvgIpc) is 3.31. The van der Waals surface area contributed by atoms with Gasteiger partial charge < -0.3 is 10.2 Å². The molecule has 0 aliphatic carbocycles. The van der Waals surface area contributed by atoms with Crippen LogP contribution in [0.2, 0.25) is 5.02 Å². The van der Waals surface area contributed by atoms with E-state index in [1.807, 2.05) is 12.1 Å². The number of hydrogen-bond donors (Lipinski definition) is 1. The fourth-order valence-electron chi connectivity index (χ4n) is 3.74. The molecule has 0 atom stereocenters. The molecule has 0 radical (unpaired) electrons. The fourth-order valence-corrected chi connectivity index (χ4v) is 3.86. The third-order valence-electron chi connectivity index (χ3n) is 5.23. The second kappa shape index (κ2) is 7.68. The predicted octanol–water partition coefficient (Wildman–Crippen LogP) is 4.15. The van der Waals surface area contributed by atoms with Gasteiger partial charge >= 0.3 is 0 Å². The molecule has 28 heavy (non-hydrogen) atoms. The Balaban J connectivity index is 1.66. The van der Waals surface area contributed by atoms with Crippen molar-refractivity contribution in [3.05, 3.63) is 64.8 Å². The molecule has 2 heterocycles. The van der Waals surface area contributed by atoms with Gasteiger partial charge in [0.2, 0.25) is 0 Å². The van der Waals surface area contributed by atoms with Gasteiger partial charge in [0.25, 0.3) is 11.8 Å². The number of likely N-dealkylation sites (N-methyl/N-ethyl adjacent to an activating group) is 1. The molecule has 5 nitrogen and oxygen atoms in total. The van der Waals surface area contributed by atoms with E-state index in [9.17, 15) is 9.59 Å². The van der Waals surface area contributed by atoms with E-state index >= 15 is 0 Å². The van der Waals surface area contributed by atoms with Crippen LogP contribution in [0, 0.1) is 0 Å². The van der Waals surface area contributed by atoms with Crippen LogP contribution < -0.4 is 10.2 Å². The Morgan fingerprint density at radius 2 is 1.57 bits per heavy atom. The number of halogens is 1. The zero-order valence-electron chi connectivity index (χ0n) is 15.7. The topological polar surface area (TPSA) is 52.7 Å². The summed E-state index contributed by atoms with van der Waals surface area (Å²) in [6, 6.07) is 15.0. The van der Waals surface area contributed by atoms with Gasteiger partial charge in [0.15, 0.2) is 0 Å². The van der Waals surface area contributed by atoms with Crippen molar-refractivity contribution in [2.24, 2.45) is 0 Å². The van der Waals surface area contributed by atoms with E-state index in [1.54, 1.807) is 31.2 Å². The molecular weight excluding hydrogens is 374 g/mol. The molecule has 0 spiro atoms. The largest absolute Gasteiger partial charge is 0.372 e. The van der Waals surface area contributed by atoms with Gasteiger partial charge in [-0.05, 0) is 61.7 Å². The number of carbonyl (C=O) groups excluding carboxylic acids is 2. The molecule has 0 saturated carbocycles. The van der Waals surface area contributed by atoms with Crippen molar-refractivity contribution in [1.29, 1.82) is 0 Å². The van der Waals surface area contributed by atoms with Crippen molar-refractivity contribution < 1.29 is 9.59 Å². The van der Waals surface area contributed by atoms with Crippen LogP contribution in [-0.2, 0) is 9.59 Å². The zero-order valence-corrected chi connectivity index (χ0v) is 16.5. The summed E-state index contributed by atoms with van der Waals surface area (Å²) in [4.78, 5) is 29.3. The summed E-state index contributed by atoms with van der Waals surface area (Å²) in [5.74, 6) is -0.591. The molecule has 2 aromatic rings. The third-order valence-corrected chi connectivity index (χ3v) is 5.48. The normalized spacial score (nSPS) is 17.1. The molecule has 0 unspecified atom stereocenters. The van der Waals surface area contributed by atoms with Gasteiger partial charge in [-0.2, -0.15) is 0 Å². The zero-order chi connectivity index (χ0) is 19.7. The van der Waals surface area contributed by atoms with Gasteiger partial charge in [0.1, 0.15) is 5.70 Å². The van der Waals surface area contributed by atoms with Crippen LogP contribution in [0.3, 0.4) is 0 Å². The summed E-state index contributed by atoms with van der Waals surface area (Å²) in [5, 5.41) is 3.77. The minimum absolute atomic E-state index is 0.286. The Hall–Kier alpha value is -2.79. The molecule has 2 amide bonds. The van der Waals surface area contributed by atoms with E-state index in [-0.39, 0.29) is 11.8 Å². The summed E-state index contributed by atoms with van der Waals surface area (Å²) >= 11 is 5.98. The van der Waals surface area contributed by atoms with Crippen LogP contribution in [0.25, 0.3) is 5.57 Å². The SMILES string of the molecule is CCN1C(=O)C(Nc2ccc(N3CCCC3)cc2)=C(c2ccc(Cl)cc2)C1=O. The molecule has 2 aliphatic heterocycles. The Morgan fingerprint density at radius 3 is 2.18 bits per heavy atom. The van der Waals surface area contributed by atoms with Crippen LogP contribution in [0.5, 0.6) is 0 Å². The maximum absolute atomic E-state index is 12.8. The maximum atomic E-state index is 12.8. The minimum atomic E-state index is -0.305. The molecule has 2 aromatic carbocycles. The predicted molar refractivity (Wildman–Crippen MR) is 112 cm³/mol. The van der Waals surface area contributed by atoms with Crippen molar-refractivity contribution >= 4 is 40.4 Å². The van der Waals surface area contributed by atoms with E-state index in [0.717, 1.165) is 18.8 Å². The standard InChI is InChI=1S/C22H22ClN3O2/c1-2-26-21(27)19(15-5-7-16(23)8-6-15)20(22(26)28)24-17-9-11-18(12-10-17)25-13-3-4-14-25/h5-12,24H,2-4,13-14H2,1H3. The van der Waals surface area contributed by atoms with Gasteiger partial charge in [-0.15, -0.1) is 0 Å². The summed E-state index contributed by atoms with van der Waals surface area (Å²) < 4.78 is 0. The van der Waals surface area contributed by atoms with Crippen molar-refractivity contribution in [3.63, 3.8) is 0 Å². The van der Waals surface area contributed by atoms with Crippen LogP contribution in [0.15, 0.2) is 54.2 Å². The van der Waals surface area contributed by atoms with Crippen molar-refractivity contribution in [1.82, 2.24) is 4.90 Å². The number of anilines is 2. The van der Waals surface area contributed by atoms with E-state index in [4.69, 9.17) is 11.6 Å². The molecule has 6 heteroatoms. The molecule has 4 rings (SSSR count). The smallest absolute Gasteiger partial charge is 0.278 e. The first-order chi connectivity index (χ1) is 13.6. The quantitative estimate of drug-likeness (QED) is 0.772. The van der Waals surface area contributed by atoms with Gasteiger partial charge in [-0.1, -0.05) is 23.7 Å². The van der Waals surface area contributed by atoms with E-state index < -0.39 is 0 Å². The third kappa shape index (κ3) is 3.38. The number of rotatable bonds is 5. The number of amides is 2. The second-order valence-electron chi connectivity index (χ2n) is 6.98. The van der Waals surface area contributed by atoms with E-state index in [0.29, 0.717) is 28.4 Å². The maximum Gasteiger partial charge on any atom is 0.278 e. The lowest BCUT2D eigenvalue weighted by Gasteiger charge is -2.18. The number of nitrogens with one attached hydrogen (secondary N) is 1. The lowest BCUT2D eigenvalue weighted by Crippen LogP contribution is -2.32. The summed E-state index contributed by atoms with van der Waals surface area (Å²) in [5.41, 5.74) is 3.33. The minimum Gasteiger partial charge on any atom is -0.372 e. The number of hydrogen-bond acceptors (Lipinski definition) is 4. The van der Waals surface area contributed by atoms with E-state index in [2.05, 4.69) is 22.3 Å². The Labute approximate surface area is 169 Å². The lowest BCUT2D eigenvalue weighted by atomic mass is 10.0. The summed E-state index contributed by atoms with van der Waals surface area (Å²) in [6.07, 6.45) is 2.45. The first-order valence-corrected chi connectivity index (χ1v) is 9.94. The monoisotopic (exact) mass is 395 g/mol. The number of benzene rings is 2. The van der Waals surface area contributed by atoms with E-state index in [1.165, 1.54) is 23.4 Å². The van der Waals surface area contributed by atoms with Crippen LogP contribution >= 0.6 is 11.6 Å². The van der Waals surface area contributed by atoms with Crippen LogP contribution in [0.1, 0.15) is 25.3 Å². The van der Waals surface area contributed by atoms with Crippen molar-refractivity contribution in [3.8, 4) is 0 Å². The highest BCUT2D eigenvalue weighted by Crippen LogP contribution is 2.31. The number of nitrogens with zero attached hydrogens (tertiary/aromatic N) is 2. The molecular formula is C22H22ClN3O2. The van der Waals surface area contributed by atoms with Gasteiger partial charge in [-0.3, -0.25) is 14.5 Å². The first kappa shape index (κ1) is 18.6. The summed E-state index contributed by atoms with van der Waals surface area (Å²) in [7, 11) is 0. The van der Waals surface area contributed by atoms with Crippen LogP contribution in [-0.4, -0.2) is 36.3 Å². The molecule has 0 aromatic heterocycles. The average molecular weight is 396 g/mol. The fraction of sp³-hybridized carbons (Fsp3) is 0.273. The highest BCUT2D eigenvalue weighted by Gasteiger charge is 2.38. The molecule has 0 bridgehead atoms. The molecule has 1 saturated heterocycles. The van der Waals surface area contributed by atoms with Gasteiger partial charge in [0.05, 0.1) is 5.57 Å². The van der Waals surface area contributed by atoms with Gasteiger partial charge in [0, 0.05) is 36.0 Å². The summed E-state index contributed by atoms with van der Waals surface area (Å²) in [6.45, 7) is 4.28. The van der Waals surface area contributed by atoms with Gasteiger partial charge in [-0.25, -0.2) is 0 Å². The highest BCUT2D eigenvalue weighted by molar-refractivity contribution is 6.36. The number of imide groups is 1. The Kier molecular flexibility index (Phi) is 5.09. The first-order valence-electron chi connectivity index (χ1n) is 9.57. The van der Waals surface area contributed by atoms with Crippen LogP contribution in [0.4, 0.5) is 11.4 Å². The highest BCUT2D eigenvalue weighted by atomic mass is 35.5.